The number of aromatic nitrogens is 3. The quantitative estimate of drug-likeness (QED) is 0.611. The highest BCUT2D eigenvalue weighted by atomic mass is 19.4. The lowest BCUT2D eigenvalue weighted by atomic mass is 9.98. The lowest BCUT2D eigenvalue weighted by Crippen LogP contribution is -2.11. The standard InChI is InChI=1S/C19H14F5N3O/c20-18(21)9-12(18)8-15-25-26-17-16(19(22,23)24)13(3-5-27(15)17)10-1-2-14-11(7-10)4-6-28-14/h1-3,5,7,12H,4,6,8-9H2/t12-/m1/s1. The summed E-state index contributed by atoms with van der Waals surface area (Å²) in [6.45, 7) is 0.503. The first-order chi connectivity index (χ1) is 13.2. The van der Waals surface area contributed by atoms with E-state index in [2.05, 4.69) is 10.2 Å². The van der Waals surface area contributed by atoms with Crippen LogP contribution in [0.5, 0.6) is 5.75 Å². The molecule has 1 aromatic carbocycles. The second-order valence-corrected chi connectivity index (χ2v) is 7.20. The van der Waals surface area contributed by atoms with Gasteiger partial charge >= 0.3 is 6.18 Å². The molecule has 0 saturated heterocycles. The third kappa shape index (κ3) is 2.71. The number of halogens is 5. The monoisotopic (exact) mass is 395 g/mol. The van der Waals surface area contributed by atoms with Gasteiger partial charge in [-0.15, -0.1) is 10.2 Å². The van der Waals surface area contributed by atoms with Crippen LogP contribution in [0.1, 0.15) is 23.4 Å². The number of ether oxygens (including phenoxy) is 1. The molecule has 1 fully saturated rings. The Hall–Kier alpha value is -2.71. The Morgan fingerprint density at radius 3 is 2.68 bits per heavy atom. The molecule has 1 aliphatic carbocycles. The van der Waals surface area contributed by atoms with Gasteiger partial charge in [-0.1, -0.05) is 6.07 Å². The van der Waals surface area contributed by atoms with E-state index in [-0.39, 0.29) is 29.9 Å². The van der Waals surface area contributed by atoms with E-state index in [1.54, 1.807) is 18.2 Å². The van der Waals surface area contributed by atoms with Crippen LogP contribution in [0.3, 0.4) is 0 Å². The Bertz CT molecular complexity index is 1090. The zero-order chi connectivity index (χ0) is 19.7. The molecule has 0 radical (unpaired) electrons. The number of nitrogens with zero attached hydrogens (tertiary/aromatic N) is 3. The number of hydrogen-bond acceptors (Lipinski definition) is 3. The highest BCUT2D eigenvalue weighted by Crippen LogP contribution is 2.50. The Balaban J connectivity index is 1.64. The van der Waals surface area contributed by atoms with Crippen molar-refractivity contribution in [2.45, 2.75) is 31.4 Å². The van der Waals surface area contributed by atoms with Gasteiger partial charge in [-0.3, -0.25) is 4.40 Å². The van der Waals surface area contributed by atoms with Crippen LogP contribution < -0.4 is 4.74 Å². The van der Waals surface area contributed by atoms with Crippen molar-refractivity contribution in [2.75, 3.05) is 6.61 Å². The molecular formula is C19H14F5N3O. The van der Waals surface area contributed by atoms with Crippen LogP contribution in [0.4, 0.5) is 22.0 Å². The van der Waals surface area contributed by atoms with Crippen LogP contribution in [0.25, 0.3) is 16.8 Å². The van der Waals surface area contributed by atoms with Crippen molar-refractivity contribution in [3.05, 3.63) is 47.4 Å². The molecule has 0 unspecified atom stereocenters. The van der Waals surface area contributed by atoms with Gasteiger partial charge in [0.2, 0.25) is 0 Å². The summed E-state index contributed by atoms with van der Waals surface area (Å²) in [4.78, 5) is 0. The van der Waals surface area contributed by atoms with Crippen molar-refractivity contribution < 1.29 is 26.7 Å². The smallest absolute Gasteiger partial charge is 0.420 e. The predicted molar refractivity (Wildman–Crippen MR) is 89.4 cm³/mol. The topological polar surface area (TPSA) is 39.4 Å². The Morgan fingerprint density at radius 1 is 1.18 bits per heavy atom. The van der Waals surface area contributed by atoms with E-state index in [4.69, 9.17) is 4.74 Å². The van der Waals surface area contributed by atoms with Gasteiger partial charge in [-0.25, -0.2) is 8.78 Å². The van der Waals surface area contributed by atoms with Gasteiger partial charge in [0, 0.05) is 31.4 Å². The van der Waals surface area contributed by atoms with Crippen molar-refractivity contribution in [2.24, 2.45) is 5.92 Å². The molecule has 2 aliphatic rings. The van der Waals surface area contributed by atoms with E-state index in [0.29, 0.717) is 24.3 Å². The first-order valence-corrected chi connectivity index (χ1v) is 8.82. The van der Waals surface area contributed by atoms with Crippen LogP contribution >= 0.6 is 0 Å². The molecule has 2 aromatic heterocycles. The molecule has 0 N–H and O–H groups in total. The Labute approximate surface area is 155 Å². The summed E-state index contributed by atoms with van der Waals surface area (Å²) in [6.07, 6.45) is -3.01. The summed E-state index contributed by atoms with van der Waals surface area (Å²) >= 11 is 0. The molecule has 146 valence electrons. The molecule has 1 aliphatic heterocycles. The lowest BCUT2D eigenvalue weighted by Gasteiger charge is -2.15. The molecule has 0 amide bonds. The van der Waals surface area contributed by atoms with E-state index in [1.807, 2.05) is 0 Å². The number of rotatable bonds is 3. The number of pyridine rings is 1. The van der Waals surface area contributed by atoms with Gasteiger partial charge in [-0.05, 0) is 34.9 Å². The summed E-state index contributed by atoms with van der Waals surface area (Å²) in [5.41, 5.74) is -0.0674. The molecule has 3 heterocycles. The average Bonchev–Trinajstić information content (AvgIpc) is 3.01. The summed E-state index contributed by atoms with van der Waals surface area (Å²) < 4.78 is 74.7. The van der Waals surface area contributed by atoms with Crippen LogP contribution in [-0.2, 0) is 19.0 Å². The normalized spacial score (nSPS) is 20.2. The van der Waals surface area contributed by atoms with E-state index in [9.17, 15) is 22.0 Å². The predicted octanol–water partition coefficient (Wildman–Crippen LogP) is 4.55. The van der Waals surface area contributed by atoms with Crippen molar-refractivity contribution >= 4 is 5.65 Å². The van der Waals surface area contributed by atoms with Crippen molar-refractivity contribution in [1.29, 1.82) is 0 Å². The van der Waals surface area contributed by atoms with Gasteiger partial charge in [0.1, 0.15) is 17.1 Å². The number of alkyl halides is 5. The van der Waals surface area contributed by atoms with Crippen molar-refractivity contribution in [1.82, 2.24) is 14.6 Å². The maximum absolute atomic E-state index is 13.9. The molecule has 0 bridgehead atoms. The molecule has 1 saturated carbocycles. The lowest BCUT2D eigenvalue weighted by molar-refractivity contribution is -0.136. The third-order valence-electron chi connectivity index (χ3n) is 5.32. The fourth-order valence-corrected chi connectivity index (χ4v) is 3.73. The second-order valence-electron chi connectivity index (χ2n) is 7.20. The highest BCUT2D eigenvalue weighted by Gasteiger charge is 2.57. The van der Waals surface area contributed by atoms with E-state index in [0.717, 1.165) is 9.96 Å². The van der Waals surface area contributed by atoms with Crippen LogP contribution in [-0.4, -0.2) is 27.1 Å². The summed E-state index contributed by atoms with van der Waals surface area (Å²) in [5, 5.41) is 7.46. The minimum Gasteiger partial charge on any atom is -0.493 e. The van der Waals surface area contributed by atoms with E-state index >= 15 is 0 Å². The number of benzene rings is 1. The highest BCUT2D eigenvalue weighted by molar-refractivity contribution is 5.75. The van der Waals surface area contributed by atoms with Gasteiger partial charge < -0.3 is 4.74 Å². The Kier molecular flexibility index (Phi) is 3.51. The van der Waals surface area contributed by atoms with Crippen molar-refractivity contribution in [3.63, 3.8) is 0 Å². The number of fused-ring (bicyclic) bond motifs is 2. The molecular weight excluding hydrogens is 381 g/mol. The Morgan fingerprint density at radius 2 is 1.96 bits per heavy atom. The summed E-state index contributed by atoms with van der Waals surface area (Å²) in [7, 11) is 0. The fourth-order valence-electron chi connectivity index (χ4n) is 3.73. The first-order valence-electron chi connectivity index (χ1n) is 8.82. The molecule has 4 nitrogen and oxygen atoms in total. The van der Waals surface area contributed by atoms with Gasteiger partial charge in [0.05, 0.1) is 6.61 Å². The summed E-state index contributed by atoms with van der Waals surface area (Å²) in [6, 6.07) is 6.26. The van der Waals surface area contributed by atoms with Gasteiger partial charge in [0.25, 0.3) is 5.92 Å². The van der Waals surface area contributed by atoms with E-state index in [1.165, 1.54) is 12.3 Å². The largest absolute Gasteiger partial charge is 0.493 e. The maximum Gasteiger partial charge on any atom is 0.420 e. The zero-order valence-electron chi connectivity index (χ0n) is 14.4. The third-order valence-corrected chi connectivity index (χ3v) is 5.32. The SMILES string of the molecule is FC(F)(F)c1c(-c2ccc3c(c2)CCO3)ccn2c(C[C@@H]3CC3(F)F)nnc12. The molecule has 3 aromatic rings. The number of hydrogen-bond donors (Lipinski definition) is 0. The molecule has 5 rings (SSSR count). The average molecular weight is 395 g/mol. The summed E-state index contributed by atoms with van der Waals surface area (Å²) in [5.74, 6) is -2.89. The minimum absolute atomic E-state index is 0.0228. The van der Waals surface area contributed by atoms with Gasteiger partial charge in [-0.2, -0.15) is 13.2 Å². The molecule has 28 heavy (non-hydrogen) atoms. The van der Waals surface area contributed by atoms with Crippen LogP contribution in [0.15, 0.2) is 30.5 Å². The molecule has 1 atom stereocenters. The fraction of sp³-hybridized carbons (Fsp3) is 0.368. The van der Waals surface area contributed by atoms with Crippen LogP contribution in [0.2, 0.25) is 0 Å². The molecule has 0 spiro atoms. The van der Waals surface area contributed by atoms with E-state index < -0.39 is 23.6 Å². The van der Waals surface area contributed by atoms with Crippen LogP contribution in [0, 0.1) is 5.92 Å². The maximum atomic E-state index is 13.9. The van der Waals surface area contributed by atoms with Gasteiger partial charge in [0.15, 0.2) is 5.65 Å². The first kappa shape index (κ1) is 17.4. The second kappa shape index (κ2) is 5.65. The van der Waals surface area contributed by atoms with Crippen molar-refractivity contribution in [3.8, 4) is 16.9 Å². The minimum atomic E-state index is -4.68. The molecule has 9 heteroatoms. The zero-order valence-corrected chi connectivity index (χ0v) is 14.4.